The van der Waals surface area contributed by atoms with Gasteiger partial charge in [0.2, 0.25) is 11.8 Å². The van der Waals surface area contributed by atoms with Crippen LogP contribution in [0.5, 0.6) is 0 Å². The van der Waals surface area contributed by atoms with Crippen LogP contribution in [0.3, 0.4) is 0 Å². The number of carbonyl (C=O) groups is 4. The maximum Gasteiger partial charge on any atom is 0.407 e. The summed E-state index contributed by atoms with van der Waals surface area (Å²) in [6.07, 6.45) is 12.0. The highest BCUT2D eigenvalue weighted by atomic mass is 16.5. The van der Waals surface area contributed by atoms with Crippen LogP contribution in [0, 0.1) is 11.8 Å². The van der Waals surface area contributed by atoms with Gasteiger partial charge in [-0.2, -0.15) is 0 Å². The Bertz CT molecular complexity index is 2010. The molecule has 2 saturated heterocycles. The van der Waals surface area contributed by atoms with E-state index < -0.39 is 12.2 Å². The fourth-order valence-corrected chi connectivity index (χ4v) is 9.59. The lowest BCUT2D eigenvalue weighted by Gasteiger charge is -2.30. The van der Waals surface area contributed by atoms with Gasteiger partial charge in [0.25, 0.3) is 0 Å². The lowest BCUT2D eigenvalue weighted by Crippen LogP contribution is -2.48. The second kappa shape index (κ2) is 16.3. The van der Waals surface area contributed by atoms with Crippen LogP contribution < -0.4 is 10.6 Å². The van der Waals surface area contributed by atoms with Gasteiger partial charge in [-0.3, -0.25) is 14.6 Å². The molecule has 0 unspecified atom stereocenters. The van der Waals surface area contributed by atoms with Crippen molar-refractivity contribution in [3.8, 4) is 22.4 Å². The summed E-state index contributed by atoms with van der Waals surface area (Å²) in [6, 6.07) is 16.4. The Hall–Kier alpha value is -5.46. The first-order chi connectivity index (χ1) is 27.3. The summed E-state index contributed by atoms with van der Waals surface area (Å²) in [5, 5.41) is 5.74. The summed E-state index contributed by atoms with van der Waals surface area (Å²) in [5.41, 5.74) is 7.42. The number of nitrogens with one attached hydrogen (secondary N) is 3. The molecular weight excluding hydrogens is 711 g/mol. The number of amides is 4. The van der Waals surface area contributed by atoms with E-state index in [1.165, 1.54) is 14.2 Å². The molecule has 2 aliphatic carbocycles. The van der Waals surface area contributed by atoms with Crippen LogP contribution in [-0.2, 0) is 19.1 Å². The molecule has 294 valence electrons. The number of methoxy groups -OCH3 is 2. The Labute approximate surface area is 327 Å². The van der Waals surface area contributed by atoms with Crippen LogP contribution in [0.25, 0.3) is 28.0 Å². The van der Waals surface area contributed by atoms with Crippen LogP contribution in [0.2, 0.25) is 0 Å². The number of allylic oxidation sites excluding steroid dienone is 1. The molecule has 3 aromatic rings. The number of likely N-dealkylation sites (tertiary alicyclic amines) is 2. The Kier molecular flexibility index (Phi) is 10.9. The highest BCUT2D eigenvalue weighted by Crippen LogP contribution is 2.38. The number of carbonyl (C=O) groups excluding carboxylic acids is 4. The molecule has 6 atom stereocenters. The molecule has 4 heterocycles. The van der Waals surface area contributed by atoms with Crippen molar-refractivity contribution in [2.45, 2.75) is 94.8 Å². The molecule has 13 nitrogen and oxygen atoms in total. The topological polar surface area (TPSA) is 158 Å². The third-order valence-electron chi connectivity index (χ3n) is 12.6. The minimum atomic E-state index is -0.494. The van der Waals surface area contributed by atoms with Crippen LogP contribution in [-0.4, -0.2) is 94.9 Å². The van der Waals surface area contributed by atoms with Crippen molar-refractivity contribution in [1.82, 2.24) is 30.4 Å². The van der Waals surface area contributed by atoms with E-state index in [0.29, 0.717) is 19.5 Å². The number of nitrogens with zero attached hydrogens (tertiary/aromatic N) is 4. The lowest BCUT2D eigenvalue weighted by molar-refractivity contribution is -0.137. The summed E-state index contributed by atoms with van der Waals surface area (Å²) in [4.78, 5) is 68.2. The van der Waals surface area contributed by atoms with Crippen LogP contribution >= 0.6 is 0 Å². The molecule has 4 fully saturated rings. The van der Waals surface area contributed by atoms with E-state index in [2.05, 4.69) is 64.1 Å². The number of aromatic amines is 1. The molecule has 1 aromatic heterocycles. The molecule has 3 aliphatic heterocycles. The maximum absolute atomic E-state index is 13.7. The fraction of sp³-hybridized carbons (Fsp3) is 0.488. The monoisotopic (exact) mass is 761 g/mol. The van der Waals surface area contributed by atoms with Gasteiger partial charge in [0.1, 0.15) is 5.82 Å². The van der Waals surface area contributed by atoms with Gasteiger partial charge in [0.05, 0.1) is 50.0 Å². The molecule has 8 rings (SSSR count). The van der Waals surface area contributed by atoms with Crippen molar-refractivity contribution in [3.05, 3.63) is 72.3 Å². The van der Waals surface area contributed by atoms with E-state index in [9.17, 15) is 19.2 Å². The zero-order valence-electron chi connectivity index (χ0n) is 32.2. The van der Waals surface area contributed by atoms with Crippen molar-refractivity contribution < 1.29 is 28.7 Å². The Morgan fingerprint density at radius 3 is 1.75 bits per heavy atom. The van der Waals surface area contributed by atoms with Gasteiger partial charge < -0.3 is 34.9 Å². The van der Waals surface area contributed by atoms with Crippen molar-refractivity contribution in [1.29, 1.82) is 0 Å². The smallest absolute Gasteiger partial charge is 0.407 e. The molecule has 0 radical (unpaired) electrons. The van der Waals surface area contributed by atoms with Gasteiger partial charge in [-0.15, -0.1) is 0 Å². The summed E-state index contributed by atoms with van der Waals surface area (Å²) in [6.45, 7) is 1.40. The molecule has 5 aliphatic rings. The number of aliphatic imine (C=N–C) groups is 1. The number of aromatic nitrogens is 2. The van der Waals surface area contributed by atoms with E-state index in [-0.39, 0.29) is 47.8 Å². The van der Waals surface area contributed by atoms with Gasteiger partial charge in [0, 0.05) is 43.5 Å². The first kappa shape index (κ1) is 37.5. The highest BCUT2D eigenvalue weighted by Gasteiger charge is 2.43. The van der Waals surface area contributed by atoms with E-state index in [1.807, 2.05) is 22.2 Å². The molecular formula is C43H51N7O6. The predicted molar refractivity (Wildman–Crippen MR) is 211 cm³/mol. The maximum atomic E-state index is 13.7. The molecule has 13 heteroatoms. The van der Waals surface area contributed by atoms with Crippen LogP contribution in [0.1, 0.15) is 88.1 Å². The summed E-state index contributed by atoms with van der Waals surface area (Å²) >= 11 is 0. The summed E-state index contributed by atoms with van der Waals surface area (Å²) in [5.74, 6) is 0.508. The minimum Gasteiger partial charge on any atom is -0.453 e. The molecule has 0 bridgehead atoms. The standard InChI is InChI=1S/C43H51N7O6/c1-55-42(53)47-33-9-3-7-31(33)40(51)49-21-5-11-37(49)35-23-30(24-44-35)28-15-13-26(14-16-28)27-17-19-29(20-18-27)36-25-45-39(46-36)38-12-6-22-50(38)41(52)32-8-4-10-34(32)48-43(54)56-2/h13-20,24-25,31-34,37-38H,3-12,21-23H2,1-2H3,(H,45,46)(H,47,53)(H,48,54)/t31-,32-,33-,34-,37-,38-/m0/s1. The number of benzene rings is 2. The van der Waals surface area contributed by atoms with Gasteiger partial charge in [-0.05, 0) is 79.2 Å². The largest absolute Gasteiger partial charge is 0.453 e. The molecule has 2 saturated carbocycles. The molecule has 3 N–H and O–H groups in total. The van der Waals surface area contributed by atoms with E-state index in [1.54, 1.807) is 0 Å². The predicted octanol–water partition coefficient (Wildman–Crippen LogP) is 6.63. The Morgan fingerprint density at radius 1 is 0.661 bits per heavy atom. The SMILES string of the molecule is COC(=O)N[C@H]1CCC[C@@H]1C(=O)N1CCC[C@H]1C1=NC=C(c2ccc(-c3ccc(-c4cnc([C@@H]5CCCN5C(=O)[C@H]5CCC[C@@H]5NC(=O)OC)[nH]4)cc3)cc2)C1. The van der Waals surface area contributed by atoms with Crippen molar-refractivity contribution in [3.63, 3.8) is 0 Å². The second-order valence-corrected chi connectivity index (χ2v) is 15.7. The van der Waals surface area contributed by atoms with Gasteiger partial charge >= 0.3 is 12.2 Å². The number of hydrogen-bond acceptors (Lipinski definition) is 8. The first-order valence-electron chi connectivity index (χ1n) is 20.1. The van der Waals surface area contributed by atoms with Crippen molar-refractivity contribution >= 4 is 35.3 Å². The number of alkyl carbamates (subject to hydrolysis) is 2. The molecule has 0 spiro atoms. The number of imidazole rings is 1. The van der Waals surface area contributed by atoms with Gasteiger partial charge in [0.15, 0.2) is 0 Å². The number of ether oxygens (including phenoxy) is 2. The summed E-state index contributed by atoms with van der Waals surface area (Å²) < 4.78 is 9.59. The van der Waals surface area contributed by atoms with Crippen LogP contribution in [0.15, 0.2) is 65.9 Å². The number of H-pyrrole nitrogens is 1. The average Bonchev–Trinajstić information content (AvgIpc) is 4.07. The number of hydrogen-bond donors (Lipinski definition) is 3. The van der Waals surface area contributed by atoms with Crippen LogP contribution in [0.4, 0.5) is 9.59 Å². The van der Waals surface area contributed by atoms with Crippen molar-refractivity contribution in [2.75, 3.05) is 27.3 Å². The van der Waals surface area contributed by atoms with Crippen molar-refractivity contribution in [2.24, 2.45) is 16.8 Å². The first-order valence-corrected chi connectivity index (χ1v) is 20.1. The third kappa shape index (κ3) is 7.55. The van der Waals surface area contributed by atoms with E-state index in [0.717, 1.165) is 109 Å². The quantitative estimate of drug-likeness (QED) is 0.221. The van der Waals surface area contributed by atoms with Gasteiger partial charge in [-0.25, -0.2) is 14.6 Å². The average molecular weight is 762 g/mol. The fourth-order valence-electron chi connectivity index (χ4n) is 9.59. The normalized spacial score (nSPS) is 25.9. The minimum absolute atomic E-state index is 0.0134. The number of rotatable bonds is 9. The molecule has 2 aromatic carbocycles. The second-order valence-electron chi connectivity index (χ2n) is 15.7. The zero-order valence-corrected chi connectivity index (χ0v) is 32.2. The Morgan fingerprint density at radius 2 is 1.18 bits per heavy atom. The zero-order chi connectivity index (χ0) is 38.8. The lowest BCUT2D eigenvalue weighted by atomic mass is 9.95. The molecule has 56 heavy (non-hydrogen) atoms. The van der Waals surface area contributed by atoms with E-state index >= 15 is 0 Å². The Balaban J connectivity index is 0.871. The van der Waals surface area contributed by atoms with Gasteiger partial charge in [-0.1, -0.05) is 61.4 Å². The summed E-state index contributed by atoms with van der Waals surface area (Å²) in [7, 11) is 2.69. The third-order valence-corrected chi connectivity index (χ3v) is 12.6. The molecule has 4 amide bonds. The highest BCUT2D eigenvalue weighted by molar-refractivity contribution is 6.03. The van der Waals surface area contributed by atoms with E-state index in [4.69, 9.17) is 19.5 Å².